The van der Waals surface area contributed by atoms with Gasteiger partial charge in [-0.1, -0.05) is 6.07 Å². The van der Waals surface area contributed by atoms with E-state index in [0.717, 1.165) is 22.4 Å². The van der Waals surface area contributed by atoms with Gasteiger partial charge in [0.15, 0.2) is 0 Å². The molecule has 1 aromatic heterocycles. The van der Waals surface area contributed by atoms with E-state index in [2.05, 4.69) is 9.97 Å². The van der Waals surface area contributed by atoms with E-state index >= 15 is 0 Å². The molecule has 104 valence electrons. The van der Waals surface area contributed by atoms with Gasteiger partial charge in [-0.3, -0.25) is 4.79 Å². The summed E-state index contributed by atoms with van der Waals surface area (Å²) in [5.74, 6) is 0.0846. The molecule has 2 aromatic rings. The average molecular weight is 272 g/mol. The summed E-state index contributed by atoms with van der Waals surface area (Å²) in [6, 6.07) is 5.75. The second-order valence-corrected chi connectivity index (χ2v) is 4.59. The molecule has 1 aromatic carbocycles. The lowest BCUT2D eigenvalue weighted by Crippen LogP contribution is -2.05. The van der Waals surface area contributed by atoms with Crippen LogP contribution in [-0.2, 0) is 11.2 Å². The number of rotatable bonds is 4. The monoisotopic (exact) mass is 272 g/mol. The molecule has 0 aliphatic carbocycles. The molecule has 0 fully saturated rings. The first kappa shape index (κ1) is 14.0. The summed E-state index contributed by atoms with van der Waals surface area (Å²) in [5.41, 5.74) is 3.62. The Hall–Kier alpha value is -2.43. The van der Waals surface area contributed by atoms with Gasteiger partial charge in [-0.25, -0.2) is 9.97 Å². The first-order valence-corrected chi connectivity index (χ1v) is 6.20. The molecule has 1 heterocycles. The standard InChI is InChI=1S/C15H16N2O3/c1-9-6-10(2)15(20-3)11(7-9)12-4-5-16-13(17-12)8-14(18)19/h4-7H,8H2,1-3H3,(H,18,19). The number of methoxy groups -OCH3 is 1. The number of aromatic nitrogens is 2. The first-order valence-electron chi connectivity index (χ1n) is 6.20. The van der Waals surface area contributed by atoms with Crippen molar-refractivity contribution in [2.75, 3.05) is 7.11 Å². The quantitative estimate of drug-likeness (QED) is 0.925. The van der Waals surface area contributed by atoms with Crippen molar-refractivity contribution in [3.63, 3.8) is 0 Å². The number of carboxylic acids is 1. The summed E-state index contributed by atoms with van der Waals surface area (Å²) in [4.78, 5) is 19.0. The van der Waals surface area contributed by atoms with Crippen LogP contribution in [0.5, 0.6) is 5.75 Å². The van der Waals surface area contributed by atoms with Gasteiger partial charge in [0.25, 0.3) is 0 Å². The SMILES string of the molecule is COc1c(C)cc(C)cc1-c1ccnc(CC(=O)O)n1. The van der Waals surface area contributed by atoms with E-state index in [9.17, 15) is 4.79 Å². The number of aryl methyl sites for hydroxylation is 2. The first-order chi connectivity index (χ1) is 9.51. The van der Waals surface area contributed by atoms with Crippen molar-refractivity contribution in [1.82, 2.24) is 9.97 Å². The number of hydrogen-bond donors (Lipinski definition) is 1. The molecule has 1 N–H and O–H groups in total. The van der Waals surface area contributed by atoms with Crippen molar-refractivity contribution in [3.05, 3.63) is 41.3 Å². The Kier molecular flexibility index (Phi) is 3.98. The third-order valence-electron chi connectivity index (χ3n) is 2.91. The van der Waals surface area contributed by atoms with Crippen LogP contribution in [0.4, 0.5) is 0 Å². The van der Waals surface area contributed by atoms with Gasteiger partial charge in [-0.05, 0) is 37.1 Å². The molecule has 0 aliphatic heterocycles. The molecule has 5 heteroatoms. The minimum atomic E-state index is -0.950. The Bertz CT molecular complexity index is 654. The van der Waals surface area contributed by atoms with E-state index in [0.29, 0.717) is 5.69 Å². The number of ether oxygens (including phenoxy) is 1. The summed E-state index contributed by atoms with van der Waals surface area (Å²) in [5, 5.41) is 8.81. The van der Waals surface area contributed by atoms with E-state index in [1.807, 2.05) is 26.0 Å². The molecular weight excluding hydrogens is 256 g/mol. The summed E-state index contributed by atoms with van der Waals surface area (Å²) < 4.78 is 5.43. The van der Waals surface area contributed by atoms with Gasteiger partial charge < -0.3 is 9.84 Å². The number of benzene rings is 1. The Morgan fingerprint density at radius 1 is 1.35 bits per heavy atom. The second-order valence-electron chi connectivity index (χ2n) is 4.59. The summed E-state index contributed by atoms with van der Waals surface area (Å²) >= 11 is 0. The van der Waals surface area contributed by atoms with Crippen LogP contribution in [-0.4, -0.2) is 28.2 Å². The van der Waals surface area contributed by atoms with E-state index in [4.69, 9.17) is 9.84 Å². The molecule has 0 radical (unpaired) electrons. The molecule has 0 unspecified atom stereocenters. The minimum Gasteiger partial charge on any atom is -0.496 e. The van der Waals surface area contributed by atoms with Crippen LogP contribution in [0.3, 0.4) is 0 Å². The van der Waals surface area contributed by atoms with Crippen molar-refractivity contribution in [2.24, 2.45) is 0 Å². The summed E-state index contributed by atoms with van der Waals surface area (Å²) in [6.07, 6.45) is 1.37. The number of carbonyl (C=O) groups is 1. The fourth-order valence-electron chi connectivity index (χ4n) is 2.19. The highest BCUT2D eigenvalue weighted by Crippen LogP contribution is 2.32. The van der Waals surface area contributed by atoms with Crippen LogP contribution in [0.25, 0.3) is 11.3 Å². The minimum absolute atomic E-state index is 0.193. The van der Waals surface area contributed by atoms with Crippen LogP contribution in [0.2, 0.25) is 0 Å². The molecule has 2 rings (SSSR count). The normalized spacial score (nSPS) is 10.3. The van der Waals surface area contributed by atoms with Gasteiger partial charge in [0.05, 0.1) is 12.8 Å². The number of nitrogens with zero attached hydrogens (tertiary/aromatic N) is 2. The van der Waals surface area contributed by atoms with Gasteiger partial charge in [0.1, 0.15) is 18.0 Å². The largest absolute Gasteiger partial charge is 0.496 e. The molecule has 0 saturated heterocycles. The Morgan fingerprint density at radius 2 is 2.10 bits per heavy atom. The summed E-state index contributed by atoms with van der Waals surface area (Å²) in [7, 11) is 1.61. The third-order valence-corrected chi connectivity index (χ3v) is 2.91. The average Bonchev–Trinajstić information content (AvgIpc) is 2.37. The summed E-state index contributed by atoms with van der Waals surface area (Å²) in [6.45, 7) is 3.96. The zero-order valence-corrected chi connectivity index (χ0v) is 11.7. The van der Waals surface area contributed by atoms with Gasteiger partial charge >= 0.3 is 5.97 Å². The fraction of sp³-hybridized carbons (Fsp3) is 0.267. The highest BCUT2D eigenvalue weighted by molar-refractivity contribution is 5.71. The molecule has 0 saturated carbocycles. The molecule has 0 spiro atoms. The smallest absolute Gasteiger partial charge is 0.311 e. The van der Waals surface area contributed by atoms with Crippen molar-refractivity contribution >= 4 is 5.97 Å². The van der Waals surface area contributed by atoms with Crippen LogP contribution < -0.4 is 4.74 Å². The van der Waals surface area contributed by atoms with Crippen LogP contribution in [0, 0.1) is 13.8 Å². The van der Waals surface area contributed by atoms with Gasteiger partial charge in [-0.15, -0.1) is 0 Å². The number of carboxylic acid groups (broad SMARTS) is 1. The zero-order valence-electron chi connectivity index (χ0n) is 11.7. The van der Waals surface area contributed by atoms with Crippen molar-refractivity contribution in [1.29, 1.82) is 0 Å². The van der Waals surface area contributed by atoms with Gasteiger partial charge in [0.2, 0.25) is 0 Å². The molecular formula is C15H16N2O3. The molecule has 0 amide bonds. The van der Waals surface area contributed by atoms with E-state index in [1.54, 1.807) is 19.4 Å². The molecule has 5 nitrogen and oxygen atoms in total. The van der Waals surface area contributed by atoms with Crippen molar-refractivity contribution < 1.29 is 14.6 Å². The van der Waals surface area contributed by atoms with Crippen molar-refractivity contribution in [3.8, 4) is 17.0 Å². The highest BCUT2D eigenvalue weighted by atomic mass is 16.5. The lowest BCUT2D eigenvalue weighted by atomic mass is 10.0. The van der Waals surface area contributed by atoms with Crippen LogP contribution in [0.15, 0.2) is 24.4 Å². The van der Waals surface area contributed by atoms with Crippen LogP contribution in [0.1, 0.15) is 17.0 Å². The number of aliphatic carboxylic acids is 1. The Labute approximate surface area is 117 Å². The van der Waals surface area contributed by atoms with E-state index < -0.39 is 5.97 Å². The molecule has 0 atom stereocenters. The fourth-order valence-corrected chi connectivity index (χ4v) is 2.19. The molecule has 0 aliphatic rings. The predicted molar refractivity (Wildman–Crippen MR) is 74.8 cm³/mol. The maximum Gasteiger partial charge on any atom is 0.311 e. The third kappa shape index (κ3) is 2.93. The topological polar surface area (TPSA) is 72.3 Å². The highest BCUT2D eigenvalue weighted by Gasteiger charge is 2.12. The number of hydrogen-bond acceptors (Lipinski definition) is 4. The lowest BCUT2D eigenvalue weighted by Gasteiger charge is -2.12. The zero-order chi connectivity index (χ0) is 14.7. The lowest BCUT2D eigenvalue weighted by molar-refractivity contribution is -0.136. The maximum absolute atomic E-state index is 10.7. The molecule has 20 heavy (non-hydrogen) atoms. The Balaban J connectivity index is 2.53. The maximum atomic E-state index is 10.7. The van der Waals surface area contributed by atoms with E-state index in [1.165, 1.54) is 0 Å². The molecule has 0 bridgehead atoms. The predicted octanol–water partition coefficient (Wildman–Crippen LogP) is 2.40. The van der Waals surface area contributed by atoms with Crippen molar-refractivity contribution in [2.45, 2.75) is 20.3 Å². The van der Waals surface area contributed by atoms with Gasteiger partial charge in [-0.2, -0.15) is 0 Å². The van der Waals surface area contributed by atoms with E-state index in [-0.39, 0.29) is 12.2 Å². The Morgan fingerprint density at radius 3 is 2.75 bits per heavy atom. The van der Waals surface area contributed by atoms with Crippen LogP contribution >= 0.6 is 0 Å². The second kappa shape index (κ2) is 5.69. The van der Waals surface area contributed by atoms with Gasteiger partial charge in [0, 0.05) is 11.8 Å².